The second-order valence-corrected chi connectivity index (χ2v) is 10.2. The standard InChI is InChI=1S/C30H44N4O2/c1-3-18-34(2)28(20-24-12-8-5-9-13-24)30(36)33-27(19-23-10-6-4-7-11-23)29(35)32-22-26-16-14-25(21-31)15-17-26/h4,6-7,10-11,14-17,24,27-28H,3,5,8-9,12-13,18-22,31H2,1-2H3,(H,32,35)(H,33,36)/t27-,28+/m0/s1. The molecule has 1 aliphatic carbocycles. The maximum absolute atomic E-state index is 13.6. The van der Waals surface area contributed by atoms with Crippen LogP contribution in [0, 0.1) is 5.92 Å². The van der Waals surface area contributed by atoms with Gasteiger partial charge in [-0.25, -0.2) is 0 Å². The molecule has 1 fully saturated rings. The van der Waals surface area contributed by atoms with Crippen LogP contribution in [0.5, 0.6) is 0 Å². The number of likely N-dealkylation sites (N-methyl/N-ethyl adjacent to an activating group) is 1. The Bertz CT molecular complexity index is 926. The number of nitrogens with two attached hydrogens (primary N) is 1. The summed E-state index contributed by atoms with van der Waals surface area (Å²) in [6, 6.07) is 16.9. The van der Waals surface area contributed by atoms with Gasteiger partial charge in [-0.15, -0.1) is 0 Å². The van der Waals surface area contributed by atoms with Crippen LogP contribution in [0.4, 0.5) is 0 Å². The zero-order chi connectivity index (χ0) is 25.8. The van der Waals surface area contributed by atoms with Crippen LogP contribution in [0.15, 0.2) is 54.6 Å². The number of nitrogens with zero attached hydrogens (tertiary/aromatic N) is 1. The Morgan fingerprint density at radius 3 is 2.25 bits per heavy atom. The average molecular weight is 493 g/mol. The van der Waals surface area contributed by atoms with Crippen LogP contribution >= 0.6 is 0 Å². The quantitative estimate of drug-likeness (QED) is 0.392. The van der Waals surface area contributed by atoms with Gasteiger partial charge in [0.1, 0.15) is 6.04 Å². The molecule has 6 nitrogen and oxygen atoms in total. The fourth-order valence-corrected chi connectivity index (χ4v) is 5.17. The molecule has 6 heteroatoms. The topological polar surface area (TPSA) is 87.5 Å². The molecule has 0 spiro atoms. The summed E-state index contributed by atoms with van der Waals surface area (Å²) in [6.45, 7) is 3.90. The fourth-order valence-electron chi connectivity index (χ4n) is 5.17. The van der Waals surface area contributed by atoms with Crippen molar-refractivity contribution in [2.75, 3.05) is 13.6 Å². The molecule has 2 atom stereocenters. The van der Waals surface area contributed by atoms with Gasteiger partial charge >= 0.3 is 0 Å². The first-order chi connectivity index (χ1) is 17.5. The van der Waals surface area contributed by atoms with E-state index in [2.05, 4.69) is 22.5 Å². The Morgan fingerprint density at radius 1 is 0.944 bits per heavy atom. The minimum absolute atomic E-state index is 0.0418. The van der Waals surface area contributed by atoms with Gasteiger partial charge in [0, 0.05) is 19.5 Å². The van der Waals surface area contributed by atoms with Gasteiger partial charge in [0.15, 0.2) is 0 Å². The van der Waals surface area contributed by atoms with Crippen molar-refractivity contribution < 1.29 is 9.59 Å². The van der Waals surface area contributed by atoms with Crippen LogP contribution < -0.4 is 16.4 Å². The summed E-state index contributed by atoms with van der Waals surface area (Å²) in [5.41, 5.74) is 8.77. The normalized spacial score (nSPS) is 15.9. The van der Waals surface area contributed by atoms with Crippen molar-refractivity contribution in [3.05, 3.63) is 71.3 Å². The Morgan fingerprint density at radius 2 is 1.61 bits per heavy atom. The van der Waals surface area contributed by atoms with Crippen LogP contribution in [-0.4, -0.2) is 42.4 Å². The molecule has 2 aromatic rings. The monoisotopic (exact) mass is 492 g/mol. The first-order valence-electron chi connectivity index (χ1n) is 13.6. The van der Waals surface area contributed by atoms with Crippen LogP contribution in [0.1, 0.15) is 68.6 Å². The van der Waals surface area contributed by atoms with Gasteiger partial charge in [-0.1, -0.05) is 93.6 Å². The lowest BCUT2D eigenvalue weighted by molar-refractivity contribution is -0.132. The Hall–Kier alpha value is -2.70. The van der Waals surface area contributed by atoms with Gasteiger partial charge in [-0.05, 0) is 49.0 Å². The molecule has 36 heavy (non-hydrogen) atoms. The van der Waals surface area contributed by atoms with E-state index in [4.69, 9.17) is 5.73 Å². The lowest BCUT2D eigenvalue weighted by atomic mass is 9.84. The van der Waals surface area contributed by atoms with E-state index in [0.717, 1.165) is 36.1 Å². The van der Waals surface area contributed by atoms with Crippen molar-refractivity contribution in [2.45, 2.75) is 83.5 Å². The minimum atomic E-state index is -0.632. The summed E-state index contributed by atoms with van der Waals surface area (Å²) in [5.74, 6) is 0.372. The highest BCUT2D eigenvalue weighted by atomic mass is 16.2. The number of carbonyl (C=O) groups is 2. The Labute approximate surface area is 217 Å². The lowest BCUT2D eigenvalue weighted by Gasteiger charge is -2.32. The molecule has 0 aliphatic heterocycles. The summed E-state index contributed by atoms with van der Waals surface area (Å²) < 4.78 is 0. The van der Waals surface area contributed by atoms with Crippen molar-refractivity contribution >= 4 is 11.8 Å². The fraction of sp³-hybridized carbons (Fsp3) is 0.533. The molecule has 0 bridgehead atoms. The van der Waals surface area contributed by atoms with Gasteiger partial charge in [-0.2, -0.15) is 0 Å². The predicted molar refractivity (Wildman–Crippen MR) is 146 cm³/mol. The molecule has 0 saturated heterocycles. The number of amides is 2. The van der Waals surface area contributed by atoms with E-state index in [0.29, 0.717) is 25.4 Å². The molecule has 0 aromatic heterocycles. The number of benzene rings is 2. The third-order valence-electron chi connectivity index (χ3n) is 7.33. The van der Waals surface area contributed by atoms with E-state index in [-0.39, 0.29) is 17.9 Å². The van der Waals surface area contributed by atoms with Gasteiger partial charge in [0.05, 0.1) is 6.04 Å². The molecular formula is C30H44N4O2. The molecule has 3 rings (SSSR count). The third-order valence-corrected chi connectivity index (χ3v) is 7.33. The van der Waals surface area contributed by atoms with E-state index < -0.39 is 6.04 Å². The smallest absolute Gasteiger partial charge is 0.243 e. The average Bonchev–Trinajstić information content (AvgIpc) is 2.91. The molecular weight excluding hydrogens is 448 g/mol. The van der Waals surface area contributed by atoms with E-state index in [1.54, 1.807) is 0 Å². The van der Waals surface area contributed by atoms with Crippen LogP contribution in [-0.2, 0) is 29.1 Å². The van der Waals surface area contributed by atoms with Crippen molar-refractivity contribution in [1.29, 1.82) is 0 Å². The van der Waals surface area contributed by atoms with Crippen molar-refractivity contribution in [3.63, 3.8) is 0 Å². The van der Waals surface area contributed by atoms with Gasteiger partial charge in [0.2, 0.25) is 11.8 Å². The van der Waals surface area contributed by atoms with Crippen LogP contribution in [0.25, 0.3) is 0 Å². The molecule has 0 heterocycles. The van der Waals surface area contributed by atoms with Crippen LogP contribution in [0.2, 0.25) is 0 Å². The molecule has 2 amide bonds. The number of nitrogens with one attached hydrogen (secondary N) is 2. The molecule has 2 aromatic carbocycles. The largest absolute Gasteiger partial charge is 0.350 e. The van der Waals surface area contributed by atoms with Crippen molar-refractivity contribution in [1.82, 2.24) is 15.5 Å². The highest BCUT2D eigenvalue weighted by Crippen LogP contribution is 2.28. The molecule has 1 saturated carbocycles. The highest BCUT2D eigenvalue weighted by Gasteiger charge is 2.30. The number of carbonyl (C=O) groups excluding carboxylic acids is 2. The van der Waals surface area contributed by atoms with Gasteiger partial charge < -0.3 is 16.4 Å². The van der Waals surface area contributed by atoms with E-state index in [1.807, 2.05) is 61.6 Å². The summed E-state index contributed by atoms with van der Waals surface area (Å²) in [6.07, 6.45) is 8.49. The number of hydrogen-bond donors (Lipinski definition) is 3. The molecule has 1 aliphatic rings. The van der Waals surface area contributed by atoms with Crippen molar-refractivity contribution in [2.24, 2.45) is 11.7 Å². The van der Waals surface area contributed by atoms with Gasteiger partial charge in [0.25, 0.3) is 0 Å². The van der Waals surface area contributed by atoms with E-state index >= 15 is 0 Å². The molecule has 0 unspecified atom stereocenters. The summed E-state index contributed by atoms with van der Waals surface area (Å²) in [4.78, 5) is 29.1. The summed E-state index contributed by atoms with van der Waals surface area (Å²) in [7, 11) is 2.04. The Kier molecular flexibility index (Phi) is 11.4. The predicted octanol–water partition coefficient (Wildman–Crippen LogP) is 4.17. The SMILES string of the molecule is CCCN(C)[C@H](CC1CCCCC1)C(=O)N[C@@H](Cc1ccccc1)C(=O)NCc1ccc(CN)cc1. The first-order valence-corrected chi connectivity index (χ1v) is 13.6. The second-order valence-electron chi connectivity index (χ2n) is 10.2. The number of rotatable bonds is 13. The van der Waals surface area contributed by atoms with E-state index in [9.17, 15) is 9.59 Å². The maximum atomic E-state index is 13.6. The van der Waals surface area contributed by atoms with Gasteiger partial charge in [-0.3, -0.25) is 14.5 Å². The Balaban J connectivity index is 1.71. The second kappa shape index (κ2) is 14.8. The minimum Gasteiger partial charge on any atom is -0.350 e. The molecule has 196 valence electrons. The summed E-state index contributed by atoms with van der Waals surface area (Å²) in [5, 5.41) is 6.18. The zero-order valence-electron chi connectivity index (χ0n) is 22.0. The third kappa shape index (κ3) is 8.75. The zero-order valence-corrected chi connectivity index (χ0v) is 22.0. The molecule has 0 radical (unpaired) electrons. The summed E-state index contributed by atoms with van der Waals surface area (Å²) >= 11 is 0. The van der Waals surface area contributed by atoms with E-state index in [1.165, 1.54) is 32.1 Å². The lowest BCUT2D eigenvalue weighted by Crippen LogP contribution is -2.54. The van der Waals surface area contributed by atoms with Crippen molar-refractivity contribution in [3.8, 4) is 0 Å². The molecule has 4 N–H and O–H groups in total. The van der Waals surface area contributed by atoms with Crippen LogP contribution in [0.3, 0.4) is 0 Å². The first kappa shape index (κ1) is 27.9. The maximum Gasteiger partial charge on any atom is 0.243 e. The number of hydrogen-bond acceptors (Lipinski definition) is 4. The highest BCUT2D eigenvalue weighted by molar-refractivity contribution is 5.90.